The van der Waals surface area contributed by atoms with E-state index in [1.807, 2.05) is 17.9 Å². The maximum absolute atomic E-state index is 13.2. The van der Waals surface area contributed by atoms with Crippen LogP contribution in [0.25, 0.3) is 0 Å². The molecule has 1 amide bonds. The van der Waals surface area contributed by atoms with E-state index in [1.54, 1.807) is 4.90 Å². The zero-order chi connectivity index (χ0) is 19.9. The highest BCUT2D eigenvalue weighted by atomic mass is 19.4. The molecular formula is C20H30F3N3O2. The Morgan fingerprint density at radius 3 is 2.71 bits per heavy atom. The van der Waals surface area contributed by atoms with Gasteiger partial charge in [-0.15, -0.1) is 0 Å². The van der Waals surface area contributed by atoms with E-state index in [1.165, 1.54) is 0 Å². The first-order valence-electron chi connectivity index (χ1n) is 10.5. The largest absolute Gasteiger partial charge is 0.450 e. The van der Waals surface area contributed by atoms with Gasteiger partial charge in [0.25, 0.3) is 0 Å². The van der Waals surface area contributed by atoms with Gasteiger partial charge in [0.05, 0.1) is 6.61 Å². The predicted molar refractivity (Wildman–Crippen MR) is 98.7 cm³/mol. The average Bonchev–Trinajstić information content (AvgIpc) is 3.28. The van der Waals surface area contributed by atoms with Gasteiger partial charge in [0, 0.05) is 44.5 Å². The van der Waals surface area contributed by atoms with Crippen molar-refractivity contribution in [3.05, 3.63) is 11.8 Å². The minimum Gasteiger partial charge on any atom is -0.450 e. The zero-order valence-corrected chi connectivity index (χ0v) is 16.5. The van der Waals surface area contributed by atoms with E-state index in [9.17, 15) is 18.0 Å². The van der Waals surface area contributed by atoms with E-state index >= 15 is 0 Å². The Balaban J connectivity index is 1.28. The minimum absolute atomic E-state index is 0.210. The molecule has 3 heterocycles. The quantitative estimate of drug-likeness (QED) is 0.724. The summed E-state index contributed by atoms with van der Waals surface area (Å²) in [5.74, 6) is 0. The summed E-state index contributed by atoms with van der Waals surface area (Å²) in [5, 5.41) is 0. The van der Waals surface area contributed by atoms with Gasteiger partial charge in [0.1, 0.15) is 6.04 Å². The lowest BCUT2D eigenvalue weighted by molar-refractivity contribution is -0.172. The van der Waals surface area contributed by atoms with Gasteiger partial charge in [-0.2, -0.15) is 13.2 Å². The fraction of sp³-hybridized carbons (Fsp3) is 0.850. The van der Waals surface area contributed by atoms with Gasteiger partial charge >= 0.3 is 12.3 Å². The van der Waals surface area contributed by atoms with Crippen LogP contribution in [0.3, 0.4) is 0 Å². The predicted octanol–water partition coefficient (Wildman–Crippen LogP) is 3.61. The molecule has 4 rings (SSSR count). The number of carbonyl (C=O) groups excluding carboxylic acids is 1. The third-order valence-corrected chi connectivity index (χ3v) is 7.03. The summed E-state index contributed by atoms with van der Waals surface area (Å²) < 4.78 is 44.8. The number of likely N-dealkylation sites (tertiary alicyclic amines) is 2. The van der Waals surface area contributed by atoms with Crippen LogP contribution in [0.1, 0.15) is 45.4 Å². The summed E-state index contributed by atoms with van der Waals surface area (Å²) in [5.41, 5.74) is 1.09. The number of amides is 1. The van der Waals surface area contributed by atoms with E-state index in [0.717, 1.165) is 51.1 Å². The number of nitrogens with zero attached hydrogens (tertiary/aromatic N) is 3. The van der Waals surface area contributed by atoms with Crippen molar-refractivity contribution in [3.63, 3.8) is 0 Å². The Morgan fingerprint density at radius 2 is 2.07 bits per heavy atom. The van der Waals surface area contributed by atoms with Crippen LogP contribution in [0, 0.1) is 5.41 Å². The molecule has 0 aromatic heterocycles. The van der Waals surface area contributed by atoms with Crippen LogP contribution in [0.15, 0.2) is 11.8 Å². The topological polar surface area (TPSA) is 36.0 Å². The average molecular weight is 401 g/mol. The Morgan fingerprint density at radius 1 is 1.29 bits per heavy atom. The first-order valence-corrected chi connectivity index (χ1v) is 10.5. The van der Waals surface area contributed by atoms with Crippen LogP contribution < -0.4 is 0 Å². The summed E-state index contributed by atoms with van der Waals surface area (Å²) in [6.45, 7) is 5.85. The molecule has 1 spiro atoms. The molecule has 3 aliphatic heterocycles. The summed E-state index contributed by atoms with van der Waals surface area (Å²) in [4.78, 5) is 17.7. The van der Waals surface area contributed by atoms with Crippen LogP contribution in [-0.2, 0) is 4.74 Å². The third kappa shape index (κ3) is 3.72. The molecule has 2 saturated heterocycles. The van der Waals surface area contributed by atoms with Crippen LogP contribution in [0.2, 0.25) is 0 Å². The van der Waals surface area contributed by atoms with E-state index in [-0.39, 0.29) is 17.9 Å². The van der Waals surface area contributed by atoms with Crippen LogP contribution in [0.5, 0.6) is 0 Å². The standard InChI is InChI=1S/C20H30F3N3O2/c1-2-28-18(27)25-11-7-19(14-25)12-16(13-19)24-9-5-15(6-10-24)26-8-3-4-17(26)20(21,22)23/h5,16-17H,2-4,6-14H2,1H3/t16?,17-,19?/m0/s1. The molecule has 0 unspecified atom stereocenters. The molecule has 1 atom stereocenters. The minimum atomic E-state index is -4.14. The second kappa shape index (κ2) is 7.43. The normalized spacial score (nSPS) is 33.9. The van der Waals surface area contributed by atoms with Gasteiger partial charge in [0.2, 0.25) is 0 Å². The van der Waals surface area contributed by atoms with E-state index in [2.05, 4.69) is 4.90 Å². The molecule has 3 fully saturated rings. The number of alkyl halides is 3. The second-order valence-electron chi connectivity index (χ2n) is 8.77. The third-order valence-electron chi connectivity index (χ3n) is 7.03. The molecule has 0 aromatic carbocycles. The fourth-order valence-electron chi connectivity index (χ4n) is 5.55. The Kier molecular flexibility index (Phi) is 5.27. The molecule has 8 heteroatoms. The smallest absolute Gasteiger partial charge is 0.409 e. The fourth-order valence-corrected chi connectivity index (χ4v) is 5.55. The lowest BCUT2D eigenvalue weighted by Gasteiger charge is -2.51. The van der Waals surface area contributed by atoms with Crippen molar-refractivity contribution >= 4 is 6.09 Å². The van der Waals surface area contributed by atoms with Crippen molar-refractivity contribution in [3.8, 4) is 0 Å². The molecule has 0 aromatic rings. The summed E-state index contributed by atoms with van der Waals surface area (Å²) in [7, 11) is 0. The van der Waals surface area contributed by atoms with Gasteiger partial charge in [-0.05, 0) is 50.9 Å². The van der Waals surface area contributed by atoms with Crippen LogP contribution >= 0.6 is 0 Å². The Hall–Kier alpha value is -1.44. The van der Waals surface area contributed by atoms with Gasteiger partial charge in [-0.3, -0.25) is 4.90 Å². The molecule has 0 radical (unpaired) electrons. The second-order valence-corrected chi connectivity index (χ2v) is 8.77. The number of hydrogen-bond donors (Lipinski definition) is 0. The lowest BCUT2D eigenvalue weighted by Crippen LogP contribution is -2.54. The van der Waals surface area contributed by atoms with Gasteiger partial charge < -0.3 is 14.5 Å². The SMILES string of the molecule is CCOC(=O)N1CCC2(CC(N3CC=C(N4CCC[C@H]4C(F)(F)F)CC3)C2)C1. The lowest BCUT2D eigenvalue weighted by atomic mass is 9.64. The van der Waals surface area contributed by atoms with Crippen molar-refractivity contribution in [2.45, 2.75) is 63.7 Å². The summed E-state index contributed by atoms with van der Waals surface area (Å²) >= 11 is 0. The number of ether oxygens (including phenoxy) is 1. The van der Waals surface area contributed by atoms with Crippen LogP contribution in [-0.4, -0.2) is 78.4 Å². The van der Waals surface area contributed by atoms with Crippen molar-refractivity contribution in [2.24, 2.45) is 5.41 Å². The number of halogens is 3. The highest BCUT2D eigenvalue weighted by Gasteiger charge is 2.52. The van der Waals surface area contributed by atoms with E-state index in [4.69, 9.17) is 4.74 Å². The Bertz CT molecular complexity index is 631. The molecule has 158 valence electrons. The molecule has 1 aliphatic carbocycles. The maximum atomic E-state index is 13.2. The van der Waals surface area contributed by atoms with E-state index < -0.39 is 12.2 Å². The molecule has 5 nitrogen and oxygen atoms in total. The molecule has 28 heavy (non-hydrogen) atoms. The van der Waals surface area contributed by atoms with E-state index in [0.29, 0.717) is 32.0 Å². The first-order chi connectivity index (χ1) is 13.3. The highest BCUT2D eigenvalue weighted by Crippen LogP contribution is 2.50. The number of hydrogen-bond acceptors (Lipinski definition) is 4. The molecular weight excluding hydrogens is 371 g/mol. The van der Waals surface area contributed by atoms with Crippen LogP contribution in [0.4, 0.5) is 18.0 Å². The highest BCUT2D eigenvalue weighted by molar-refractivity contribution is 5.68. The molecule has 0 bridgehead atoms. The number of carbonyl (C=O) groups is 1. The summed E-state index contributed by atoms with van der Waals surface area (Å²) in [6.07, 6.45) is 2.36. The van der Waals surface area contributed by atoms with Crippen molar-refractivity contribution in [1.82, 2.24) is 14.7 Å². The molecule has 0 N–H and O–H groups in total. The molecule has 1 saturated carbocycles. The molecule has 4 aliphatic rings. The van der Waals surface area contributed by atoms with Gasteiger partial charge in [0.15, 0.2) is 0 Å². The van der Waals surface area contributed by atoms with Gasteiger partial charge in [-0.1, -0.05) is 6.08 Å². The zero-order valence-electron chi connectivity index (χ0n) is 16.5. The number of rotatable bonds is 3. The van der Waals surface area contributed by atoms with Crippen molar-refractivity contribution in [1.29, 1.82) is 0 Å². The first kappa shape index (κ1) is 19.9. The van der Waals surface area contributed by atoms with Gasteiger partial charge in [-0.25, -0.2) is 4.79 Å². The van der Waals surface area contributed by atoms with Crippen molar-refractivity contribution < 1.29 is 22.7 Å². The van der Waals surface area contributed by atoms with Crippen molar-refractivity contribution in [2.75, 3.05) is 39.3 Å². The summed E-state index contributed by atoms with van der Waals surface area (Å²) in [6, 6.07) is -0.818. The monoisotopic (exact) mass is 401 g/mol. The Labute approximate surface area is 164 Å². The maximum Gasteiger partial charge on any atom is 0.409 e.